The number of hydrogen-bond donors (Lipinski definition) is 2. The number of amides is 1. The van der Waals surface area contributed by atoms with E-state index in [1.165, 1.54) is 0 Å². The molecule has 3 rings (SSSR count). The Labute approximate surface area is 164 Å². The van der Waals surface area contributed by atoms with Gasteiger partial charge in [-0.2, -0.15) is 0 Å². The first-order chi connectivity index (χ1) is 13.2. The van der Waals surface area contributed by atoms with Crippen molar-refractivity contribution in [3.63, 3.8) is 0 Å². The van der Waals surface area contributed by atoms with Gasteiger partial charge in [-0.25, -0.2) is 0 Å². The number of rotatable bonds is 8. The SMILES string of the molecule is O=C(/C=C/c1ccccc1)NCCCCNc1ccnc2cc(Cl)ccc12. The largest absolute Gasteiger partial charge is 0.384 e. The fraction of sp³-hybridized carbons (Fsp3) is 0.182. The molecule has 0 radical (unpaired) electrons. The molecular formula is C22H22ClN3O. The highest BCUT2D eigenvalue weighted by Crippen LogP contribution is 2.24. The maximum Gasteiger partial charge on any atom is 0.243 e. The Kier molecular flexibility index (Phi) is 6.83. The first kappa shape index (κ1) is 18.9. The zero-order chi connectivity index (χ0) is 18.9. The Balaban J connectivity index is 1.37. The van der Waals surface area contributed by atoms with Crippen LogP contribution in [-0.4, -0.2) is 24.0 Å². The topological polar surface area (TPSA) is 54.0 Å². The Morgan fingerprint density at radius 1 is 1.04 bits per heavy atom. The van der Waals surface area contributed by atoms with Crippen LogP contribution in [0.3, 0.4) is 0 Å². The van der Waals surface area contributed by atoms with E-state index in [1.807, 2.05) is 60.7 Å². The summed E-state index contributed by atoms with van der Waals surface area (Å²) < 4.78 is 0. The molecule has 0 aliphatic rings. The number of nitrogens with zero attached hydrogens (tertiary/aromatic N) is 1. The molecule has 0 unspecified atom stereocenters. The summed E-state index contributed by atoms with van der Waals surface area (Å²) in [6.45, 7) is 1.49. The van der Waals surface area contributed by atoms with Crippen LogP contribution in [-0.2, 0) is 4.79 Å². The maximum atomic E-state index is 11.8. The lowest BCUT2D eigenvalue weighted by Gasteiger charge is -2.09. The highest BCUT2D eigenvalue weighted by molar-refractivity contribution is 6.31. The predicted molar refractivity (Wildman–Crippen MR) is 113 cm³/mol. The minimum absolute atomic E-state index is 0.0659. The highest BCUT2D eigenvalue weighted by Gasteiger charge is 2.02. The lowest BCUT2D eigenvalue weighted by Crippen LogP contribution is -2.22. The van der Waals surface area contributed by atoms with Gasteiger partial charge in [0.05, 0.1) is 5.52 Å². The number of carbonyl (C=O) groups excluding carboxylic acids is 1. The molecule has 2 aromatic carbocycles. The standard InChI is InChI=1S/C22H22ClN3O/c23-18-9-10-19-20(12-15-25-21(19)16-18)24-13-4-5-14-26-22(27)11-8-17-6-2-1-3-7-17/h1-3,6-12,15-16H,4-5,13-14H2,(H,24,25)(H,26,27)/b11-8+. The minimum Gasteiger partial charge on any atom is -0.384 e. The van der Waals surface area contributed by atoms with Gasteiger partial charge in [0.15, 0.2) is 0 Å². The molecule has 1 amide bonds. The monoisotopic (exact) mass is 379 g/mol. The molecule has 0 atom stereocenters. The van der Waals surface area contributed by atoms with Gasteiger partial charge >= 0.3 is 0 Å². The maximum absolute atomic E-state index is 11.8. The number of aromatic nitrogens is 1. The fourth-order valence-electron chi connectivity index (χ4n) is 2.76. The van der Waals surface area contributed by atoms with Crippen molar-refractivity contribution in [3.8, 4) is 0 Å². The quantitative estimate of drug-likeness (QED) is 0.432. The van der Waals surface area contributed by atoms with Crippen molar-refractivity contribution in [2.45, 2.75) is 12.8 Å². The van der Waals surface area contributed by atoms with Gasteiger partial charge in [0, 0.05) is 41.5 Å². The molecule has 0 spiro atoms. The number of unbranched alkanes of at least 4 members (excludes halogenated alkanes) is 1. The first-order valence-corrected chi connectivity index (χ1v) is 9.39. The van der Waals surface area contributed by atoms with E-state index in [-0.39, 0.29) is 5.91 Å². The van der Waals surface area contributed by atoms with Crippen molar-refractivity contribution in [2.24, 2.45) is 0 Å². The summed E-state index contributed by atoms with van der Waals surface area (Å²) in [5.74, 6) is -0.0659. The van der Waals surface area contributed by atoms with Crippen LogP contribution in [0.25, 0.3) is 17.0 Å². The van der Waals surface area contributed by atoms with Crippen LogP contribution < -0.4 is 10.6 Å². The van der Waals surface area contributed by atoms with Crippen LogP contribution in [0.4, 0.5) is 5.69 Å². The van der Waals surface area contributed by atoms with Gasteiger partial charge in [-0.15, -0.1) is 0 Å². The van der Waals surface area contributed by atoms with Gasteiger partial charge in [0.1, 0.15) is 0 Å². The molecule has 0 fully saturated rings. The third kappa shape index (κ3) is 5.83. The van der Waals surface area contributed by atoms with Crippen molar-refractivity contribution in [3.05, 3.63) is 77.5 Å². The summed E-state index contributed by atoms with van der Waals surface area (Å²) in [7, 11) is 0. The van der Waals surface area contributed by atoms with E-state index in [4.69, 9.17) is 11.6 Å². The lowest BCUT2D eigenvalue weighted by molar-refractivity contribution is -0.116. The second-order valence-corrected chi connectivity index (χ2v) is 6.63. The van der Waals surface area contributed by atoms with E-state index in [2.05, 4.69) is 15.6 Å². The number of hydrogen-bond acceptors (Lipinski definition) is 3. The molecule has 5 heteroatoms. The number of anilines is 1. The fourth-order valence-corrected chi connectivity index (χ4v) is 2.92. The molecule has 138 valence electrons. The number of nitrogens with one attached hydrogen (secondary N) is 2. The number of halogens is 1. The molecule has 4 nitrogen and oxygen atoms in total. The van der Waals surface area contributed by atoms with E-state index in [9.17, 15) is 4.79 Å². The second kappa shape index (κ2) is 9.74. The van der Waals surface area contributed by atoms with Crippen molar-refractivity contribution < 1.29 is 4.79 Å². The number of pyridine rings is 1. The first-order valence-electron chi connectivity index (χ1n) is 9.01. The molecule has 3 aromatic rings. The van der Waals surface area contributed by atoms with Crippen molar-refractivity contribution in [2.75, 3.05) is 18.4 Å². The third-order valence-electron chi connectivity index (χ3n) is 4.15. The van der Waals surface area contributed by atoms with E-state index >= 15 is 0 Å². The number of benzene rings is 2. The van der Waals surface area contributed by atoms with Gasteiger partial charge < -0.3 is 10.6 Å². The molecule has 0 bridgehead atoms. The van der Waals surface area contributed by atoms with Crippen molar-refractivity contribution in [1.29, 1.82) is 0 Å². The zero-order valence-corrected chi connectivity index (χ0v) is 15.7. The average molecular weight is 380 g/mol. The molecule has 27 heavy (non-hydrogen) atoms. The normalized spacial score (nSPS) is 11.0. The summed E-state index contributed by atoms with van der Waals surface area (Å²) in [6.07, 6.45) is 7.03. The van der Waals surface area contributed by atoms with Crippen LogP contribution in [0.1, 0.15) is 18.4 Å². The van der Waals surface area contributed by atoms with Crippen LogP contribution in [0.5, 0.6) is 0 Å². The predicted octanol–water partition coefficient (Wildman–Crippen LogP) is 4.91. The number of carbonyl (C=O) groups is 1. The Bertz CT molecular complexity index is 925. The van der Waals surface area contributed by atoms with E-state index in [0.717, 1.165) is 41.5 Å². The molecule has 0 saturated heterocycles. The molecule has 1 aromatic heterocycles. The van der Waals surface area contributed by atoms with Crippen LogP contribution in [0.15, 0.2) is 66.9 Å². The Hall–Kier alpha value is -2.85. The van der Waals surface area contributed by atoms with Gasteiger partial charge in [-0.3, -0.25) is 9.78 Å². The summed E-state index contributed by atoms with van der Waals surface area (Å²) in [5, 5.41) is 8.08. The van der Waals surface area contributed by atoms with Crippen LogP contribution >= 0.6 is 11.6 Å². The summed E-state index contributed by atoms with van der Waals surface area (Å²) in [5.41, 5.74) is 2.94. The van der Waals surface area contributed by atoms with Gasteiger partial charge in [-0.1, -0.05) is 41.9 Å². The second-order valence-electron chi connectivity index (χ2n) is 6.19. The lowest BCUT2D eigenvalue weighted by atomic mass is 10.2. The third-order valence-corrected chi connectivity index (χ3v) is 4.38. The average Bonchev–Trinajstić information content (AvgIpc) is 2.69. The molecule has 0 aliphatic carbocycles. The summed E-state index contributed by atoms with van der Waals surface area (Å²) in [4.78, 5) is 16.2. The van der Waals surface area contributed by atoms with Crippen molar-refractivity contribution >= 4 is 40.2 Å². The van der Waals surface area contributed by atoms with Crippen LogP contribution in [0, 0.1) is 0 Å². The molecule has 1 heterocycles. The molecule has 0 saturated carbocycles. The van der Waals surface area contributed by atoms with E-state index in [1.54, 1.807) is 12.3 Å². The Morgan fingerprint density at radius 3 is 2.70 bits per heavy atom. The zero-order valence-electron chi connectivity index (χ0n) is 15.0. The molecule has 2 N–H and O–H groups in total. The molecular weight excluding hydrogens is 358 g/mol. The summed E-state index contributed by atoms with van der Waals surface area (Å²) >= 11 is 6.02. The van der Waals surface area contributed by atoms with E-state index in [0.29, 0.717) is 11.6 Å². The highest BCUT2D eigenvalue weighted by atomic mass is 35.5. The van der Waals surface area contributed by atoms with E-state index < -0.39 is 0 Å². The van der Waals surface area contributed by atoms with Crippen LogP contribution in [0.2, 0.25) is 5.02 Å². The minimum atomic E-state index is -0.0659. The Morgan fingerprint density at radius 2 is 1.85 bits per heavy atom. The van der Waals surface area contributed by atoms with Gasteiger partial charge in [-0.05, 0) is 48.7 Å². The molecule has 0 aliphatic heterocycles. The van der Waals surface area contributed by atoms with Gasteiger partial charge in [0.25, 0.3) is 0 Å². The summed E-state index contributed by atoms with van der Waals surface area (Å²) in [6, 6.07) is 17.5. The smallest absolute Gasteiger partial charge is 0.243 e. The number of fused-ring (bicyclic) bond motifs is 1. The van der Waals surface area contributed by atoms with Crippen molar-refractivity contribution in [1.82, 2.24) is 10.3 Å². The van der Waals surface area contributed by atoms with Gasteiger partial charge in [0.2, 0.25) is 5.91 Å².